The van der Waals surface area contributed by atoms with Crippen LogP contribution in [0.15, 0.2) is 23.8 Å². The molecular weight excluding hydrogens is 324 g/mol. The van der Waals surface area contributed by atoms with Crippen molar-refractivity contribution >= 4 is 17.4 Å². The van der Waals surface area contributed by atoms with E-state index in [1.807, 2.05) is 0 Å². The summed E-state index contributed by atoms with van der Waals surface area (Å²) < 4.78 is 28.5. The fraction of sp³-hybridized carbons (Fsp3) is 0.526. The quantitative estimate of drug-likeness (QED) is 0.765. The van der Waals surface area contributed by atoms with Crippen LogP contribution in [0.1, 0.15) is 44.9 Å². The van der Waals surface area contributed by atoms with Gasteiger partial charge in [-0.15, -0.1) is 0 Å². The van der Waals surface area contributed by atoms with E-state index in [4.69, 9.17) is 0 Å². The molecule has 1 saturated heterocycles. The molecule has 4 nitrogen and oxygen atoms in total. The van der Waals surface area contributed by atoms with Gasteiger partial charge in [-0.25, -0.2) is 13.6 Å². The second-order valence-corrected chi connectivity index (χ2v) is 6.72. The molecule has 0 bridgehead atoms. The van der Waals surface area contributed by atoms with Gasteiger partial charge in [0.1, 0.15) is 5.69 Å². The summed E-state index contributed by atoms with van der Waals surface area (Å²) in [6.45, 7) is 1.85. The van der Waals surface area contributed by atoms with Crippen LogP contribution in [0.25, 0.3) is 0 Å². The van der Waals surface area contributed by atoms with E-state index < -0.39 is 17.7 Å². The number of nitrogens with zero attached hydrogens (tertiary/aromatic N) is 1. The van der Waals surface area contributed by atoms with E-state index in [2.05, 4.69) is 16.7 Å². The Bertz CT molecular complexity index is 631. The van der Waals surface area contributed by atoms with E-state index in [0.29, 0.717) is 19.6 Å². The summed E-state index contributed by atoms with van der Waals surface area (Å²) in [7, 11) is 0. The van der Waals surface area contributed by atoms with Gasteiger partial charge in [-0.05, 0) is 57.1 Å². The molecule has 0 aromatic heterocycles. The third-order valence-electron chi connectivity index (χ3n) is 4.81. The number of allylic oxidation sites excluding steroid dienone is 1. The lowest BCUT2D eigenvalue weighted by atomic mass is 9.97. The van der Waals surface area contributed by atoms with Crippen LogP contribution in [0, 0.1) is 11.6 Å². The van der Waals surface area contributed by atoms with E-state index in [9.17, 15) is 13.6 Å². The summed E-state index contributed by atoms with van der Waals surface area (Å²) in [5, 5.41) is 5.25. The molecule has 0 radical (unpaired) electrons. The Hall–Kier alpha value is -2.11. The zero-order chi connectivity index (χ0) is 17.6. The number of hydrogen-bond donors (Lipinski definition) is 2. The highest BCUT2D eigenvalue weighted by atomic mass is 19.1. The van der Waals surface area contributed by atoms with E-state index in [0.717, 1.165) is 32.1 Å². The Morgan fingerprint density at radius 3 is 2.44 bits per heavy atom. The molecular formula is C19H25F2N3O. The number of rotatable bonds is 5. The van der Waals surface area contributed by atoms with E-state index in [1.165, 1.54) is 30.5 Å². The van der Waals surface area contributed by atoms with Crippen molar-refractivity contribution in [1.82, 2.24) is 5.32 Å². The molecule has 6 heteroatoms. The number of carbonyl (C=O) groups excluding carboxylic acids is 1. The summed E-state index contributed by atoms with van der Waals surface area (Å²) in [5.41, 5.74) is 1.51. The highest BCUT2D eigenvalue weighted by molar-refractivity contribution is 5.89. The number of benzene rings is 1. The van der Waals surface area contributed by atoms with Crippen LogP contribution in [0.5, 0.6) is 0 Å². The smallest absolute Gasteiger partial charge is 0.319 e. The molecule has 0 unspecified atom stereocenters. The second kappa shape index (κ2) is 8.32. The Labute approximate surface area is 147 Å². The van der Waals surface area contributed by atoms with Crippen LogP contribution in [0.2, 0.25) is 0 Å². The standard InChI is InChI=1S/C19H25F2N3O/c20-16-12-15(13-17(21)18(16)24-10-4-5-11-24)23-19(25)22-9-8-14-6-2-1-3-7-14/h6,12-13H,1-5,7-11H2,(H2,22,23,25). The fourth-order valence-electron chi connectivity index (χ4n) is 3.52. The first-order valence-corrected chi connectivity index (χ1v) is 9.10. The van der Waals surface area contributed by atoms with Crippen molar-refractivity contribution in [2.24, 2.45) is 0 Å². The van der Waals surface area contributed by atoms with Gasteiger partial charge in [0.25, 0.3) is 0 Å². The first-order chi connectivity index (χ1) is 12.1. The van der Waals surface area contributed by atoms with Crippen molar-refractivity contribution in [3.05, 3.63) is 35.4 Å². The summed E-state index contributed by atoms with van der Waals surface area (Å²) in [5.74, 6) is -1.27. The third kappa shape index (κ3) is 4.71. The largest absolute Gasteiger partial charge is 0.367 e. The van der Waals surface area contributed by atoms with Crippen molar-refractivity contribution < 1.29 is 13.6 Å². The molecule has 2 N–H and O–H groups in total. The SMILES string of the molecule is O=C(NCCC1=CCCCC1)Nc1cc(F)c(N2CCCC2)c(F)c1. The van der Waals surface area contributed by atoms with Crippen molar-refractivity contribution in [3.8, 4) is 0 Å². The predicted octanol–water partition coefficient (Wildman–Crippen LogP) is 4.58. The summed E-state index contributed by atoms with van der Waals surface area (Å²) in [4.78, 5) is 13.6. The number of amides is 2. The third-order valence-corrected chi connectivity index (χ3v) is 4.81. The number of halogens is 2. The monoisotopic (exact) mass is 349 g/mol. The second-order valence-electron chi connectivity index (χ2n) is 6.72. The van der Waals surface area contributed by atoms with Crippen molar-refractivity contribution in [1.29, 1.82) is 0 Å². The molecule has 0 spiro atoms. The molecule has 1 heterocycles. The van der Waals surface area contributed by atoms with E-state index >= 15 is 0 Å². The Balaban J connectivity index is 1.53. The highest BCUT2D eigenvalue weighted by Crippen LogP contribution is 2.29. The maximum Gasteiger partial charge on any atom is 0.319 e. The van der Waals surface area contributed by atoms with Gasteiger partial charge < -0.3 is 15.5 Å². The van der Waals surface area contributed by atoms with E-state index in [-0.39, 0.29) is 11.4 Å². The number of carbonyl (C=O) groups is 1. The van der Waals surface area contributed by atoms with Gasteiger partial charge in [0.2, 0.25) is 0 Å². The summed E-state index contributed by atoms with van der Waals surface area (Å²) >= 11 is 0. The Morgan fingerprint density at radius 1 is 1.08 bits per heavy atom. The normalized spacial score (nSPS) is 17.4. The average Bonchev–Trinajstić information content (AvgIpc) is 3.09. The molecule has 25 heavy (non-hydrogen) atoms. The minimum Gasteiger partial charge on any atom is -0.367 e. The van der Waals surface area contributed by atoms with Gasteiger partial charge in [0, 0.05) is 25.3 Å². The highest BCUT2D eigenvalue weighted by Gasteiger charge is 2.21. The summed E-state index contributed by atoms with van der Waals surface area (Å²) in [6, 6.07) is 1.92. The molecule has 2 amide bonds. The van der Waals surface area contributed by atoms with Crippen molar-refractivity contribution in [2.75, 3.05) is 29.9 Å². The number of hydrogen-bond acceptors (Lipinski definition) is 2. The average molecular weight is 349 g/mol. The molecule has 0 atom stereocenters. The van der Waals surface area contributed by atoms with Crippen LogP contribution in [0.4, 0.5) is 25.0 Å². The zero-order valence-corrected chi connectivity index (χ0v) is 14.4. The van der Waals surface area contributed by atoms with Gasteiger partial charge in [-0.2, -0.15) is 0 Å². The lowest BCUT2D eigenvalue weighted by molar-refractivity contribution is 0.252. The molecule has 0 saturated carbocycles. The zero-order valence-electron chi connectivity index (χ0n) is 14.4. The van der Waals surface area contributed by atoms with E-state index in [1.54, 1.807) is 4.90 Å². The van der Waals surface area contributed by atoms with Crippen LogP contribution < -0.4 is 15.5 Å². The number of nitrogens with one attached hydrogen (secondary N) is 2. The lowest BCUT2D eigenvalue weighted by Gasteiger charge is -2.20. The molecule has 1 aliphatic heterocycles. The van der Waals surface area contributed by atoms with Gasteiger partial charge >= 0.3 is 6.03 Å². The van der Waals surface area contributed by atoms with Crippen molar-refractivity contribution in [2.45, 2.75) is 44.9 Å². The molecule has 1 aromatic carbocycles. The maximum atomic E-state index is 14.2. The first kappa shape index (κ1) is 17.7. The van der Waals surface area contributed by atoms with Crippen LogP contribution in [-0.4, -0.2) is 25.7 Å². The molecule has 1 aromatic rings. The first-order valence-electron chi connectivity index (χ1n) is 9.10. The Morgan fingerprint density at radius 2 is 1.80 bits per heavy atom. The lowest BCUT2D eigenvalue weighted by Crippen LogP contribution is -2.30. The van der Waals surface area contributed by atoms with Gasteiger partial charge in [0.15, 0.2) is 11.6 Å². The number of urea groups is 1. The minimum atomic E-state index is -0.635. The minimum absolute atomic E-state index is 0.00712. The molecule has 1 aliphatic carbocycles. The van der Waals surface area contributed by atoms with Gasteiger partial charge in [-0.3, -0.25) is 0 Å². The maximum absolute atomic E-state index is 14.2. The molecule has 3 rings (SSSR count). The van der Waals surface area contributed by atoms with Crippen LogP contribution in [0.3, 0.4) is 0 Å². The number of anilines is 2. The predicted molar refractivity (Wildman–Crippen MR) is 96.0 cm³/mol. The van der Waals surface area contributed by atoms with Crippen LogP contribution >= 0.6 is 0 Å². The molecule has 1 fully saturated rings. The molecule has 2 aliphatic rings. The van der Waals surface area contributed by atoms with Gasteiger partial charge in [-0.1, -0.05) is 11.6 Å². The Kier molecular flexibility index (Phi) is 5.89. The fourth-order valence-corrected chi connectivity index (χ4v) is 3.52. The summed E-state index contributed by atoms with van der Waals surface area (Å²) in [6.07, 6.45) is 9.60. The van der Waals surface area contributed by atoms with Gasteiger partial charge in [0.05, 0.1) is 0 Å². The molecule has 136 valence electrons. The van der Waals surface area contributed by atoms with Crippen LogP contribution in [-0.2, 0) is 0 Å². The van der Waals surface area contributed by atoms with Crippen molar-refractivity contribution in [3.63, 3.8) is 0 Å². The topological polar surface area (TPSA) is 44.4 Å².